The lowest BCUT2D eigenvalue weighted by molar-refractivity contribution is -0.128. The number of esters is 1. The number of amides is 4. The van der Waals surface area contributed by atoms with Crippen LogP contribution in [0.1, 0.15) is 68.3 Å². The van der Waals surface area contributed by atoms with E-state index in [1.165, 1.54) is 25.2 Å². The Morgan fingerprint density at radius 1 is 1.11 bits per heavy atom. The quantitative estimate of drug-likeness (QED) is 0.662. The summed E-state index contributed by atoms with van der Waals surface area (Å²) in [5, 5.41) is 7.90. The molecule has 0 radical (unpaired) electrons. The molecule has 2 rings (SSSR count). The van der Waals surface area contributed by atoms with Crippen LogP contribution in [0.15, 0.2) is 0 Å². The van der Waals surface area contributed by atoms with Crippen molar-refractivity contribution < 1.29 is 23.9 Å². The number of carbonyl (C=O) groups is 4. The molecule has 9 heteroatoms. The third-order valence-corrected chi connectivity index (χ3v) is 5.25. The highest BCUT2D eigenvalue weighted by Crippen LogP contribution is 2.38. The van der Waals surface area contributed by atoms with Gasteiger partial charge < -0.3 is 15.4 Å². The van der Waals surface area contributed by atoms with Crippen molar-refractivity contribution in [1.29, 1.82) is 0 Å². The molecule has 0 unspecified atom stereocenters. The molecule has 0 saturated heterocycles. The van der Waals surface area contributed by atoms with Gasteiger partial charge in [0.2, 0.25) is 5.91 Å². The molecular formula is C19H27N3O5S. The van der Waals surface area contributed by atoms with E-state index in [4.69, 9.17) is 4.74 Å². The zero-order valence-electron chi connectivity index (χ0n) is 16.9. The van der Waals surface area contributed by atoms with Gasteiger partial charge in [0.15, 0.2) is 6.10 Å². The number of aryl methyl sites for hydroxylation is 1. The Labute approximate surface area is 168 Å². The number of rotatable bonds is 4. The molecule has 4 amide bonds. The van der Waals surface area contributed by atoms with E-state index in [0.717, 1.165) is 36.1 Å². The van der Waals surface area contributed by atoms with E-state index < -0.39 is 29.6 Å². The highest BCUT2D eigenvalue weighted by atomic mass is 32.1. The maximum atomic E-state index is 12.8. The van der Waals surface area contributed by atoms with Gasteiger partial charge >= 0.3 is 12.0 Å². The third kappa shape index (κ3) is 5.79. The van der Waals surface area contributed by atoms with Crippen LogP contribution in [0, 0.1) is 0 Å². The first-order valence-electron chi connectivity index (χ1n) is 9.24. The minimum Gasteiger partial charge on any atom is -0.449 e. The standard InChI is InChI=1S/C19H27N3O5S/c1-10(15(24)21-18(26)22-19(3,4)5)27-17(25)14-12-8-6-7-9-13(12)28-16(14)20-11(2)23/h10H,6-9H2,1-5H3,(H,20,23)(H2,21,22,24,26)/t10-/m0/s1. The normalized spacial score (nSPS) is 14.5. The van der Waals surface area contributed by atoms with E-state index in [1.807, 2.05) is 0 Å². The number of thiophene rings is 1. The fourth-order valence-electron chi connectivity index (χ4n) is 2.89. The van der Waals surface area contributed by atoms with Gasteiger partial charge in [-0.3, -0.25) is 14.9 Å². The van der Waals surface area contributed by atoms with Crippen molar-refractivity contribution >= 4 is 40.2 Å². The van der Waals surface area contributed by atoms with Gasteiger partial charge in [0, 0.05) is 17.3 Å². The van der Waals surface area contributed by atoms with Crippen molar-refractivity contribution in [3.8, 4) is 0 Å². The van der Waals surface area contributed by atoms with Crippen LogP contribution in [0.2, 0.25) is 0 Å². The van der Waals surface area contributed by atoms with Gasteiger partial charge in [0.1, 0.15) is 5.00 Å². The van der Waals surface area contributed by atoms with Crippen molar-refractivity contribution in [3.63, 3.8) is 0 Å². The van der Waals surface area contributed by atoms with Crippen LogP contribution in [0.4, 0.5) is 9.80 Å². The predicted molar refractivity (Wildman–Crippen MR) is 107 cm³/mol. The van der Waals surface area contributed by atoms with Crippen molar-refractivity contribution in [3.05, 3.63) is 16.0 Å². The smallest absolute Gasteiger partial charge is 0.342 e. The van der Waals surface area contributed by atoms with E-state index in [1.54, 1.807) is 20.8 Å². The zero-order valence-corrected chi connectivity index (χ0v) is 17.7. The summed E-state index contributed by atoms with van der Waals surface area (Å²) in [7, 11) is 0. The summed E-state index contributed by atoms with van der Waals surface area (Å²) in [5.74, 6) is -1.68. The van der Waals surface area contributed by atoms with Crippen molar-refractivity contribution in [2.45, 2.75) is 71.9 Å². The Kier molecular flexibility index (Phi) is 6.82. The average Bonchev–Trinajstić information content (AvgIpc) is 2.89. The van der Waals surface area contributed by atoms with Crippen LogP contribution >= 0.6 is 11.3 Å². The van der Waals surface area contributed by atoms with Crippen molar-refractivity contribution in [1.82, 2.24) is 10.6 Å². The number of hydrogen-bond donors (Lipinski definition) is 3. The molecule has 1 aromatic heterocycles. The second-order valence-electron chi connectivity index (χ2n) is 7.84. The molecule has 0 aliphatic heterocycles. The topological polar surface area (TPSA) is 114 Å². The summed E-state index contributed by atoms with van der Waals surface area (Å²) >= 11 is 1.37. The summed E-state index contributed by atoms with van der Waals surface area (Å²) in [6.45, 7) is 8.11. The number of carbonyl (C=O) groups excluding carboxylic acids is 4. The molecule has 1 atom stereocenters. The molecule has 0 spiro atoms. The Bertz CT molecular complexity index is 794. The minimum atomic E-state index is -1.16. The fraction of sp³-hybridized carbons (Fsp3) is 0.579. The second-order valence-corrected chi connectivity index (χ2v) is 8.94. The SMILES string of the molecule is CC(=O)Nc1sc2c(c1C(=O)O[C@@H](C)C(=O)NC(=O)NC(C)(C)C)CCCC2. The molecule has 8 nitrogen and oxygen atoms in total. The zero-order chi connectivity index (χ0) is 21.1. The van der Waals surface area contributed by atoms with E-state index in [-0.39, 0.29) is 5.91 Å². The molecule has 0 saturated carbocycles. The van der Waals surface area contributed by atoms with E-state index in [0.29, 0.717) is 10.6 Å². The van der Waals surface area contributed by atoms with Gasteiger partial charge in [-0.25, -0.2) is 9.59 Å². The van der Waals surface area contributed by atoms with Gasteiger partial charge in [0.25, 0.3) is 5.91 Å². The fourth-order valence-corrected chi connectivity index (χ4v) is 4.21. The monoisotopic (exact) mass is 409 g/mol. The lowest BCUT2D eigenvalue weighted by Gasteiger charge is -2.21. The first-order chi connectivity index (χ1) is 13.0. The van der Waals surface area contributed by atoms with Crippen LogP contribution in [-0.4, -0.2) is 35.5 Å². The van der Waals surface area contributed by atoms with Gasteiger partial charge in [-0.1, -0.05) is 0 Å². The minimum absolute atomic E-state index is 0.280. The number of fused-ring (bicyclic) bond motifs is 1. The molecule has 3 N–H and O–H groups in total. The molecule has 1 heterocycles. The molecular weight excluding hydrogens is 382 g/mol. The molecule has 154 valence electrons. The number of anilines is 1. The van der Waals surface area contributed by atoms with Gasteiger partial charge in [-0.05, 0) is 58.9 Å². The molecule has 0 fully saturated rings. The Balaban J connectivity index is 2.11. The van der Waals surface area contributed by atoms with Crippen LogP contribution < -0.4 is 16.0 Å². The van der Waals surface area contributed by atoms with Gasteiger partial charge in [0.05, 0.1) is 5.56 Å². The molecule has 1 aliphatic rings. The molecule has 0 aromatic carbocycles. The Hall–Kier alpha value is -2.42. The number of imide groups is 1. The van der Waals surface area contributed by atoms with E-state index in [9.17, 15) is 19.2 Å². The van der Waals surface area contributed by atoms with Crippen LogP contribution in [-0.2, 0) is 27.2 Å². The Morgan fingerprint density at radius 2 is 1.75 bits per heavy atom. The van der Waals surface area contributed by atoms with Crippen LogP contribution in [0.25, 0.3) is 0 Å². The van der Waals surface area contributed by atoms with E-state index >= 15 is 0 Å². The van der Waals surface area contributed by atoms with Crippen molar-refractivity contribution in [2.24, 2.45) is 0 Å². The number of urea groups is 1. The molecule has 0 bridgehead atoms. The molecule has 1 aliphatic carbocycles. The van der Waals surface area contributed by atoms with Crippen molar-refractivity contribution in [2.75, 3.05) is 5.32 Å². The average molecular weight is 410 g/mol. The molecule has 28 heavy (non-hydrogen) atoms. The summed E-state index contributed by atoms with van der Waals surface area (Å²) in [6, 6.07) is -0.660. The molecule has 1 aromatic rings. The number of ether oxygens (including phenoxy) is 1. The van der Waals surface area contributed by atoms with Gasteiger partial charge in [-0.2, -0.15) is 0 Å². The number of nitrogens with one attached hydrogen (secondary N) is 3. The van der Waals surface area contributed by atoms with Crippen LogP contribution in [0.5, 0.6) is 0 Å². The maximum absolute atomic E-state index is 12.8. The van der Waals surface area contributed by atoms with E-state index in [2.05, 4.69) is 16.0 Å². The first-order valence-corrected chi connectivity index (χ1v) is 10.1. The Morgan fingerprint density at radius 3 is 2.36 bits per heavy atom. The second kappa shape index (κ2) is 8.72. The van der Waals surface area contributed by atoms with Crippen LogP contribution in [0.3, 0.4) is 0 Å². The maximum Gasteiger partial charge on any atom is 0.342 e. The third-order valence-electron chi connectivity index (χ3n) is 4.04. The summed E-state index contributed by atoms with van der Waals surface area (Å²) in [4.78, 5) is 49.3. The summed E-state index contributed by atoms with van der Waals surface area (Å²) in [5.41, 5.74) is 0.685. The first kappa shape index (κ1) is 21.9. The highest BCUT2D eigenvalue weighted by molar-refractivity contribution is 7.17. The number of hydrogen-bond acceptors (Lipinski definition) is 6. The summed E-state index contributed by atoms with van der Waals surface area (Å²) < 4.78 is 5.30. The summed E-state index contributed by atoms with van der Waals surface area (Å²) in [6.07, 6.45) is 2.39. The predicted octanol–water partition coefficient (Wildman–Crippen LogP) is 2.75. The largest absolute Gasteiger partial charge is 0.449 e. The highest BCUT2D eigenvalue weighted by Gasteiger charge is 2.29. The van der Waals surface area contributed by atoms with Gasteiger partial charge in [-0.15, -0.1) is 11.3 Å². The lowest BCUT2D eigenvalue weighted by Crippen LogP contribution is -2.50. The lowest BCUT2D eigenvalue weighted by atomic mass is 9.95.